The summed E-state index contributed by atoms with van der Waals surface area (Å²) in [6, 6.07) is 6.95. The lowest BCUT2D eigenvalue weighted by molar-refractivity contribution is 0.0193. The van der Waals surface area contributed by atoms with E-state index in [2.05, 4.69) is 6.92 Å². The summed E-state index contributed by atoms with van der Waals surface area (Å²) in [4.78, 5) is 0.323. The summed E-state index contributed by atoms with van der Waals surface area (Å²) in [5, 5.41) is 0. The number of rotatable bonds is 6. The van der Waals surface area contributed by atoms with E-state index in [1.54, 1.807) is 18.2 Å². The minimum Gasteiger partial charge on any atom is -0.377 e. The number of sulfonamides is 1. The maximum Gasteiger partial charge on any atom is 0.243 e. The first-order valence-electron chi connectivity index (χ1n) is 7.49. The van der Waals surface area contributed by atoms with Crippen molar-refractivity contribution in [1.29, 1.82) is 0 Å². The van der Waals surface area contributed by atoms with E-state index in [0.717, 1.165) is 19.3 Å². The van der Waals surface area contributed by atoms with Crippen LogP contribution < -0.4 is 5.73 Å². The van der Waals surface area contributed by atoms with Crippen molar-refractivity contribution >= 4 is 10.0 Å². The van der Waals surface area contributed by atoms with Gasteiger partial charge in [-0.2, -0.15) is 4.31 Å². The summed E-state index contributed by atoms with van der Waals surface area (Å²) < 4.78 is 32.9. The van der Waals surface area contributed by atoms with Crippen LogP contribution in [0.15, 0.2) is 29.2 Å². The monoisotopic (exact) mass is 312 g/mol. The fraction of sp³-hybridized carbons (Fsp3) is 0.600. The number of hydrogen-bond donors (Lipinski definition) is 1. The van der Waals surface area contributed by atoms with E-state index in [1.165, 1.54) is 4.31 Å². The third-order valence-corrected chi connectivity index (χ3v) is 5.67. The molecule has 0 saturated carbocycles. The Morgan fingerprint density at radius 2 is 2.14 bits per heavy atom. The molecule has 0 aliphatic carbocycles. The van der Waals surface area contributed by atoms with Crippen LogP contribution in [0.3, 0.4) is 0 Å². The van der Waals surface area contributed by atoms with E-state index >= 15 is 0 Å². The van der Waals surface area contributed by atoms with Crippen molar-refractivity contribution < 1.29 is 13.2 Å². The molecular formula is C15H24N2O3S. The lowest BCUT2D eigenvalue weighted by Crippen LogP contribution is -2.43. The van der Waals surface area contributed by atoms with Gasteiger partial charge in [-0.25, -0.2) is 8.42 Å². The summed E-state index contributed by atoms with van der Waals surface area (Å²) in [5.41, 5.74) is 6.32. The van der Waals surface area contributed by atoms with Crippen LogP contribution in [-0.4, -0.2) is 38.5 Å². The van der Waals surface area contributed by atoms with Crippen LogP contribution in [0.2, 0.25) is 0 Å². The third kappa shape index (κ3) is 3.83. The summed E-state index contributed by atoms with van der Waals surface area (Å²) in [6.07, 6.45) is 2.70. The van der Waals surface area contributed by atoms with Crippen LogP contribution >= 0.6 is 0 Å². The summed E-state index contributed by atoms with van der Waals surface area (Å²) in [7, 11) is -3.49. The van der Waals surface area contributed by atoms with Crippen molar-refractivity contribution in [3.8, 4) is 0 Å². The van der Waals surface area contributed by atoms with E-state index in [9.17, 15) is 8.42 Å². The molecule has 1 atom stereocenters. The molecule has 0 spiro atoms. The van der Waals surface area contributed by atoms with E-state index < -0.39 is 10.0 Å². The normalized spacial score (nSPS) is 20.6. The standard InChI is InChI=1S/C15H24N2O3S/c1-2-10-20-14-7-5-9-17(12-14)21(18,19)15-8-4-3-6-13(15)11-16/h3-4,6,8,14H,2,5,7,9-12,16H2,1H3. The van der Waals surface area contributed by atoms with Gasteiger partial charge in [-0.05, 0) is 30.9 Å². The van der Waals surface area contributed by atoms with Gasteiger partial charge in [-0.1, -0.05) is 25.1 Å². The summed E-state index contributed by atoms with van der Waals surface area (Å²) in [5.74, 6) is 0. The van der Waals surface area contributed by atoms with Gasteiger partial charge < -0.3 is 10.5 Å². The first kappa shape index (κ1) is 16.4. The SMILES string of the molecule is CCCOC1CCCN(S(=O)(=O)c2ccccc2CN)C1. The molecule has 5 nitrogen and oxygen atoms in total. The lowest BCUT2D eigenvalue weighted by Gasteiger charge is -2.32. The number of nitrogens with zero attached hydrogens (tertiary/aromatic N) is 1. The molecule has 21 heavy (non-hydrogen) atoms. The highest BCUT2D eigenvalue weighted by Crippen LogP contribution is 2.24. The van der Waals surface area contributed by atoms with Crippen LogP contribution in [0, 0.1) is 0 Å². The van der Waals surface area contributed by atoms with Gasteiger partial charge in [0, 0.05) is 26.2 Å². The van der Waals surface area contributed by atoms with E-state index in [0.29, 0.717) is 30.2 Å². The molecule has 1 aromatic carbocycles. The Hall–Kier alpha value is -0.950. The van der Waals surface area contributed by atoms with Crippen molar-refractivity contribution in [2.24, 2.45) is 5.73 Å². The molecule has 2 rings (SSSR count). The van der Waals surface area contributed by atoms with Gasteiger partial charge in [-0.3, -0.25) is 0 Å². The van der Waals surface area contributed by atoms with Crippen LogP contribution in [0.25, 0.3) is 0 Å². The molecule has 1 aliphatic rings. The topological polar surface area (TPSA) is 72.6 Å². The molecule has 6 heteroatoms. The predicted octanol–water partition coefficient (Wildman–Crippen LogP) is 1.73. The molecule has 1 aromatic rings. The number of piperidine rings is 1. The lowest BCUT2D eigenvalue weighted by atomic mass is 10.1. The second-order valence-corrected chi connectivity index (χ2v) is 7.22. The molecule has 1 unspecified atom stereocenters. The zero-order valence-corrected chi connectivity index (χ0v) is 13.3. The highest BCUT2D eigenvalue weighted by Gasteiger charge is 2.31. The quantitative estimate of drug-likeness (QED) is 0.868. The Morgan fingerprint density at radius 1 is 1.38 bits per heavy atom. The molecule has 1 heterocycles. The van der Waals surface area contributed by atoms with Gasteiger partial charge >= 0.3 is 0 Å². The third-order valence-electron chi connectivity index (χ3n) is 3.71. The Labute approximate surface area is 127 Å². The highest BCUT2D eigenvalue weighted by molar-refractivity contribution is 7.89. The Balaban J connectivity index is 2.18. The Morgan fingerprint density at radius 3 is 2.86 bits per heavy atom. The molecular weight excluding hydrogens is 288 g/mol. The number of benzene rings is 1. The van der Waals surface area contributed by atoms with Gasteiger partial charge in [0.2, 0.25) is 10.0 Å². The molecule has 0 bridgehead atoms. The molecule has 118 valence electrons. The molecule has 0 radical (unpaired) electrons. The van der Waals surface area contributed by atoms with Crippen LogP contribution in [0.5, 0.6) is 0 Å². The molecule has 1 aliphatic heterocycles. The van der Waals surface area contributed by atoms with Crippen LogP contribution in [0.1, 0.15) is 31.7 Å². The first-order chi connectivity index (χ1) is 10.1. The molecule has 0 amide bonds. The minimum atomic E-state index is -3.49. The molecule has 2 N–H and O–H groups in total. The zero-order chi connectivity index (χ0) is 15.3. The first-order valence-corrected chi connectivity index (χ1v) is 8.93. The van der Waals surface area contributed by atoms with Crippen molar-refractivity contribution in [2.45, 2.75) is 43.7 Å². The fourth-order valence-corrected chi connectivity index (χ4v) is 4.35. The predicted molar refractivity (Wildman–Crippen MR) is 82.4 cm³/mol. The Kier molecular flexibility index (Phi) is 5.75. The number of ether oxygens (including phenoxy) is 1. The maximum absolute atomic E-state index is 12.8. The van der Waals surface area contributed by atoms with Crippen molar-refractivity contribution in [1.82, 2.24) is 4.31 Å². The van der Waals surface area contributed by atoms with E-state index in [-0.39, 0.29) is 12.6 Å². The average molecular weight is 312 g/mol. The summed E-state index contributed by atoms with van der Waals surface area (Å²) in [6.45, 7) is 3.93. The fourth-order valence-electron chi connectivity index (χ4n) is 2.61. The zero-order valence-electron chi connectivity index (χ0n) is 12.5. The van der Waals surface area contributed by atoms with Gasteiger partial charge in [0.05, 0.1) is 11.0 Å². The number of nitrogens with two attached hydrogens (primary N) is 1. The van der Waals surface area contributed by atoms with E-state index in [1.807, 2.05) is 6.07 Å². The van der Waals surface area contributed by atoms with Crippen LogP contribution in [0.4, 0.5) is 0 Å². The second-order valence-electron chi connectivity index (χ2n) is 5.31. The highest BCUT2D eigenvalue weighted by atomic mass is 32.2. The molecule has 0 aromatic heterocycles. The second kappa shape index (κ2) is 7.35. The average Bonchev–Trinajstić information content (AvgIpc) is 2.53. The smallest absolute Gasteiger partial charge is 0.243 e. The van der Waals surface area contributed by atoms with Crippen molar-refractivity contribution in [3.63, 3.8) is 0 Å². The number of hydrogen-bond acceptors (Lipinski definition) is 4. The van der Waals surface area contributed by atoms with Gasteiger partial charge in [0.25, 0.3) is 0 Å². The maximum atomic E-state index is 12.8. The van der Waals surface area contributed by atoms with Gasteiger partial charge in [0.15, 0.2) is 0 Å². The Bertz CT molecular complexity index is 560. The van der Waals surface area contributed by atoms with Crippen LogP contribution in [-0.2, 0) is 21.3 Å². The summed E-state index contributed by atoms with van der Waals surface area (Å²) >= 11 is 0. The van der Waals surface area contributed by atoms with Crippen molar-refractivity contribution in [2.75, 3.05) is 19.7 Å². The largest absolute Gasteiger partial charge is 0.377 e. The van der Waals surface area contributed by atoms with E-state index in [4.69, 9.17) is 10.5 Å². The van der Waals surface area contributed by atoms with Gasteiger partial charge in [0.1, 0.15) is 0 Å². The van der Waals surface area contributed by atoms with Gasteiger partial charge in [-0.15, -0.1) is 0 Å². The van der Waals surface area contributed by atoms with Crippen molar-refractivity contribution in [3.05, 3.63) is 29.8 Å². The molecule has 1 saturated heterocycles. The molecule has 1 fully saturated rings. The minimum absolute atomic E-state index is 0.00138.